The van der Waals surface area contributed by atoms with E-state index in [-0.39, 0.29) is 12.0 Å². The van der Waals surface area contributed by atoms with Crippen molar-refractivity contribution in [1.29, 1.82) is 0 Å². The van der Waals surface area contributed by atoms with Crippen LogP contribution in [0.1, 0.15) is 10.8 Å². The molecule has 1 aromatic rings. The number of nitrogen functional groups attached to an aromatic ring is 1. The number of nitrogens with two attached hydrogens (primary N) is 1. The number of aromatic nitrogens is 1. The fraction of sp³-hybridized carbons (Fsp3) is 0.571. The maximum Gasteiger partial charge on any atom is 0.180 e. The van der Waals surface area contributed by atoms with Crippen LogP contribution in [0.25, 0.3) is 0 Å². The first kappa shape index (κ1) is 7.97. The summed E-state index contributed by atoms with van der Waals surface area (Å²) in [4.78, 5) is 5.03. The zero-order valence-corrected chi connectivity index (χ0v) is 7.34. The average Bonchev–Trinajstić information content (AvgIpc) is 2.58. The number of aliphatic hydroxyl groups excluding tert-OH is 1. The lowest BCUT2D eigenvalue weighted by molar-refractivity contribution is 0.179. The Morgan fingerprint density at radius 1 is 1.67 bits per heavy atom. The lowest BCUT2D eigenvalue weighted by Crippen LogP contribution is -2.15. The molecular formula is C7H11N3OS. The minimum atomic E-state index is -0.287. The van der Waals surface area contributed by atoms with E-state index in [0.29, 0.717) is 11.7 Å². The van der Waals surface area contributed by atoms with Gasteiger partial charge in [0.25, 0.3) is 0 Å². The van der Waals surface area contributed by atoms with Gasteiger partial charge in [-0.3, -0.25) is 0 Å². The van der Waals surface area contributed by atoms with Crippen molar-refractivity contribution >= 4 is 16.5 Å². The second kappa shape index (κ2) is 3.01. The lowest BCUT2D eigenvalue weighted by atomic mass is 10.1. The maximum absolute atomic E-state index is 9.53. The van der Waals surface area contributed by atoms with Crippen LogP contribution in [0.4, 0.5) is 5.13 Å². The molecule has 4 N–H and O–H groups in total. The number of hydrogen-bond donors (Lipinski definition) is 3. The van der Waals surface area contributed by atoms with Crippen LogP contribution in [0, 0.1) is 0 Å². The average molecular weight is 185 g/mol. The SMILES string of the molecule is Nc1ncc(C2CNCC2O)s1. The molecular weight excluding hydrogens is 174 g/mol. The van der Waals surface area contributed by atoms with E-state index >= 15 is 0 Å². The molecule has 0 radical (unpaired) electrons. The van der Waals surface area contributed by atoms with Gasteiger partial charge in [-0.05, 0) is 0 Å². The van der Waals surface area contributed by atoms with E-state index in [1.807, 2.05) is 0 Å². The van der Waals surface area contributed by atoms with Crippen LogP contribution in [0.5, 0.6) is 0 Å². The van der Waals surface area contributed by atoms with E-state index in [1.165, 1.54) is 11.3 Å². The van der Waals surface area contributed by atoms with Gasteiger partial charge in [0, 0.05) is 30.1 Å². The third kappa shape index (κ3) is 1.31. The summed E-state index contributed by atoms with van der Waals surface area (Å²) in [6, 6.07) is 0. The second-order valence-corrected chi connectivity index (χ2v) is 4.03. The number of anilines is 1. The predicted molar refractivity (Wildman–Crippen MR) is 48.1 cm³/mol. The van der Waals surface area contributed by atoms with Gasteiger partial charge in [-0.1, -0.05) is 0 Å². The van der Waals surface area contributed by atoms with Crippen LogP contribution >= 0.6 is 11.3 Å². The summed E-state index contributed by atoms with van der Waals surface area (Å²) >= 11 is 1.46. The van der Waals surface area contributed by atoms with Crippen molar-refractivity contribution in [3.8, 4) is 0 Å². The van der Waals surface area contributed by atoms with Gasteiger partial charge in [0.15, 0.2) is 5.13 Å². The van der Waals surface area contributed by atoms with Crippen LogP contribution in [-0.4, -0.2) is 29.3 Å². The number of nitrogens with zero attached hydrogens (tertiary/aromatic N) is 1. The molecule has 0 bridgehead atoms. The molecule has 0 aromatic carbocycles. The molecule has 0 spiro atoms. The monoisotopic (exact) mass is 185 g/mol. The summed E-state index contributed by atoms with van der Waals surface area (Å²) in [5, 5.41) is 13.2. The number of rotatable bonds is 1. The molecule has 2 heterocycles. The molecule has 0 saturated carbocycles. The Hall–Kier alpha value is -0.650. The molecule has 0 amide bonds. The van der Waals surface area contributed by atoms with Crippen LogP contribution in [0.2, 0.25) is 0 Å². The van der Waals surface area contributed by atoms with Crippen LogP contribution in [0.3, 0.4) is 0 Å². The van der Waals surface area contributed by atoms with E-state index in [9.17, 15) is 5.11 Å². The van der Waals surface area contributed by atoms with Gasteiger partial charge in [0.2, 0.25) is 0 Å². The van der Waals surface area contributed by atoms with E-state index in [0.717, 1.165) is 11.4 Å². The van der Waals surface area contributed by atoms with Gasteiger partial charge >= 0.3 is 0 Å². The van der Waals surface area contributed by atoms with Crippen LogP contribution in [0.15, 0.2) is 6.20 Å². The van der Waals surface area contributed by atoms with Crippen molar-refractivity contribution in [3.63, 3.8) is 0 Å². The van der Waals surface area contributed by atoms with E-state index in [4.69, 9.17) is 5.73 Å². The maximum atomic E-state index is 9.53. The van der Waals surface area contributed by atoms with Crippen molar-refractivity contribution in [2.75, 3.05) is 18.8 Å². The van der Waals surface area contributed by atoms with E-state index in [1.54, 1.807) is 6.20 Å². The largest absolute Gasteiger partial charge is 0.391 e. The number of nitrogens with one attached hydrogen (secondary N) is 1. The zero-order chi connectivity index (χ0) is 8.55. The van der Waals surface area contributed by atoms with Crippen molar-refractivity contribution in [2.24, 2.45) is 0 Å². The lowest BCUT2D eigenvalue weighted by Gasteiger charge is -2.08. The summed E-state index contributed by atoms with van der Waals surface area (Å²) < 4.78 is 0. The first-order chi connectivity index (χ1) is 5.77. The highest BCUT2D eigenvalue weighted by Crippen LogP contribution is 2.28. The van der Waals surface area contributed by atoms with Crippen molar-refractivity contribution in [3.05, 3.63) is 11.1 Å². The topological polar surface area (TPSA) is 71.2 Å². The van der Waals surface area contributed by atoms with E-state index < -0.39 is 0 Å². The van der Waals surface area contributed by atoms with Crippen molar-refractivity contribution in [2.45, 2.75) is 12.0 Å². The Morgan fingerprint density at radius 2 is 2.50 bits per heavy atom. The van der Waals surface area contributed by atoms with Gasteiger partial charge in [-0.25, -0.2) is 4.98 Å². The number of aliphatic hydroxyl groups is 1. The summed E-state index contributed by atoms with van der Waals surface area (Å²) in [7, 11) is 0. The molecule has 1 aromatic heterocycles. The predicted octanol–water partition coefficient (Wildman–Crippen LogP) is -0.227. The normalized spacial score (nSPS) is 29.4. The molecule has 1 aliphatic heterocycles. The minimum Gasteiger partial charge on any atom is -0.391 e. The zero-order valence-electron chi connectivity index (χ0n) is 6.53. The van der Waals surface area contributed by atoms with Crippen molar-refractivity contribution in [1.82, 2.24) is 10.3 Å². The molecule has 66 valence electrons. The molecule has 2 rings (SSSR count). The first-order valence-electron chi connectivity index (χ1n) is 3.87. The smallest absolute Gasteiger partial charge is 0.180 e. The first-order valence-corrected chi connectivity index (χ1v) is 4.69. The number of hydrogen-bond acceptors (Lipinski definition) is 5. The van der Waals surface area contributed by atoms with Gasteiger partial charge in [-0.2, -0.15) is 0 Å². The van der Waals surface area contributed by atoms with Gasteiger partial charge in [0.05, 0.1) is 6.10 Å². The Kier molecular flexibility index (Phi) is 2.00. The highest BCUT2D eigenvalue weighted by Gasteiger charge is 2.27. The Bertz CT molecular complexity index is 275. The van der Waals surface area contributed by atoms with Gasteiger partial charge in [0.1, 0.15) is 0 Å². The minimum absolute atomic E-state index is 0.180. The standard InChI is InChI=1S/C7H11N3OS/c8-7-10-3-6(12-7)4-1-9-2-5(4)11/h3-5,9,11H,1-2H2,(H2,8,10). The Balaban J connectivity index is 2.19. The van der Waals surface area contributed by atoms with Crippen LogP contribution in [-0.2, 0) is 0 Å². The highest BCUT2D eigenvalue weighted by molar-refractivity contribution is 7.15. The highest BCUT2D eigenvalue weighted by atomic mass is 32.1. The molecule has 2 unspecified atom stereocenters. The van der Waals surface area contributed by atoms with Gasteiger partial charge < -0.3 is 16.2 Å². The molecule has 1 fully saturated rings. The fourth-order valence-electron chi connectivity index (χ4n) is 1.43. The van der Waals surface area contributed by atoms with Crippen molar-refractivity contribution < 1.29 is 5.11 Å². The second-order valence-electron chi connectivity index (χ2n) is 2.93. The summed E-state index contributed by atoms with van der Waals surface area (Å²) in [6.45, 7) is 1.49. The third-order valence-corrected chi connectivity index (χ3v) is 3.05. The molecule has 12 heavy (non-hydrogen) atoms. The summed E-state index contributed by atoms with van der Waals surface area (Å²) in [5.74, 6) is 0.180. The Labute approximate surface area is 74.4 Å². The van der Waals surface area contributed by atoms with Crippen LogP contribution < -0.4 is 11.1 Å². The number of thiazole rings is 1. The molecule has 0 aliphatic carbocycles. The van der Waals surface area contributed by atoms with E-state index in [2.05, 4.69) is 10.3 Å². The fourth-order valence-corrected chi connectivity index (χ4v) is 2.27. The number of β-amino-alcohol motifs (C(OH)–C–C–N with tert-alkyl or cyclic N) is 1. The molecule has 2 atom stereocenters. The molecule has 5 heteroatoms. The summed E-state index contributed by atoms with van der Waals surface area (Å²) in [5.41, 5.74) is 5.50. The van der Waals surface area contributed by atoms with Gasteiger partial charge in [-0.15, -0.1) is 11.3 Å². The third-order valence-electron chi connectivity index (χ3n) is 2.09. The molecule has 1 aliphatic rings. The Morgan fingerprint density at radius 3 is 3.00 bits per heavy atom. The quantitative estimate of drug-likeness (QED) is 0.565. The molecule has 1 saturated heterocycles. The summed E-state index contributed by atoms with van der Waals surface area (Å²) in [6.07, 6.45) is 1.46. The molecule has 4 nitrogen and oxygen atoms in total.